The second-order valence-corrected chi connectivity index (χ2v) is 10.4. The molecule has 0 aliphatic carbocycles. The molecular formula is C32H37N5O5. The van der Waals surface area contributed by atoms with Gasteiger partial charge < -0.3 is 19.1 Å². The van der Waals surface area contributed by atoms with Crippen LogP contribution in [0.4, 0.5) is 10.7 Å². The van der Waals surface area contributed by atoms with Gasteiger partial charge in [0.25, 0.3) is 0 Å². The van der Waals surface area contributed by atoms with Crippen molar-refractivity contribution in [3.05, 3.63) is 83.3 Å². The van der Waals surface area contributed by atoms with E-state index in [1.807, 2.05) is 37.3 Å². The number of methoxy groups -OCH3 is 2. The Bertz CT molecular complexity index is 1540. The Morgan fingerprint density at radius 3 is 2.50 bits per heavy atom. The van der Waals surface area contributed by atoms with Crippen molar-refractivity contribution in [1.82, 2.24) is 19.4 Å². The minimum absolute atomic E-state index is 0.0311. The van der Waals surface area contributed by atoms with Gasteiger partial charge in [0.15, 0.2) is 0 Å². The fourth-order valence-corrected chi connectivity index (χ4v) is 5.56. The first-order chi connectivity index (χ1) is 20.4. The normalized spacial score (nSPS) is 15.5. The fourth-order valence-electron chi connectivity index (χ4n) is 5.56. The first kappa shape index (κ1) is 29.1. The van der Waals surface area contributed by atoms with E-state index in [9.17, 15) is 9.59 Å². The highest BCUT2D eigenvalue weighted by Crippen LogP contribution is 2.36. The lowest BCUT2D eigenvalue weighted by atomic mass is 9.98. The topological polar surface area (TPSA) is 99.0 Å². The Hall–Kier alpha value is -4.44. The molecule has 220 valence electrons. The van der Waals surface area contributed by atoms with E-state index in [4.69, 9.17) is 14.2 Å². The summed E-state index contributed by atoms with van der Waals surface area (Å²) in [5.74, 6) is 1.08. The Kier molecular flexibility index (Phi) is 9.02. The first-order valence-corrected chi connectivity index (χ1v) is 14.2. The third-order valence-corrected chi connectivity index (χ3v) is 7.77. The van der Waals surface area contributed by atoms with E-state index in [0.29, 0.717) is 31.2 Å². The molecule has 10 heteroatoms. The predicted octanol–water partition coefficient (Wildman–Crippen LogP) is 5.38. The minimum Gasteiger partial charge on any atom is -0.496 e. The lowest BCUT2D eigenvalue weighted by Crippen LogP contribution is -2.48. The quantitative estimate of drug-likeness (QED) is 0.194. The maximum Gasteiger partial charge on any atom is 0.418 e. The number of aryl methyl sites for hydroxylation is 1. The van der Waals surface area contributed by atoms with Gasteiger partial charge in [-0.3, -0.25) is 9.47 Å². The number of anilines is 1. The van der Waals surface area contributed by atoms with Crippen LogP contribution in [0.3, 0.4) is 0 Å². The van der Waals surface area contributed by atoms with Crippen LogP contribution in [-0.2, 0) is 16.0 Å². The van der Waals surface area contributed by atoms with Gasteiger partial charge in [0.1, 0.15) is 5.75 Å². The molecule has 1 atom stereocenters. The van der Waals surface area contributed by atoms with Crippen molar-refractivity contribution >= 4 is 28.9 Å². The minimum atomic E-state index is -0.377. The molecule has 0 N–H and O–H groups in total. The van der Waals surface area contributed by atoms with Crippen LogP contribution in [0.1, 0.15) is 52.9 Å². The summed E-state index contributed by atoms with van der Waals surface area (Å²) in [6, 6.07) is 13.3. The number of unbranched alkanes of at least 4 members (excludes halogenated alkanes) is 1. The second kappa shape index (κ2) is 13.0. The van der Waals surface area contributed by atoms with Gasteiger partial charge in [0.2, 0.25) is 5.95 Å². The van der Waals surface area contributed by atoms with E-state index < -0.39 is 0 Å². The largest absolute Gasteiger partial charge is 0.496 e. The predicted molar refractivity (Wildman–Crippen MR) is 160 cm³/mol. The van der Waals surface area contributed by atoms with E-state index in [1.165, 1.54) is 7.11 Å². The van der Waals surface area contributed by atoms with Crippen LogP contribution in [0.15, 0.2) is 61.1 Å². The molecule has 10 nitrogen and oxygen atoms in total. The molecule has 1 aliphatic rings. The van der Waals surface area contributed by atoms with Crippen molar-refractivity contribution in [3.8, 4) is 5.75 Å². The summed E-state index contributed by atoms with van der Waals surface area (Å²) in [7, 11) is 3.05. The summed E-state index contributed by atoms with van der Waals surface area (Å²) in [4.78, 5) is 38.6. The molecule has 42 heavy (non-hydrogen) atoms. The summed E-state index contributed by atoms with van der Waals surface area (Å²) in [6.45, 7) is 7.15. The average Bonchev–Trinajstić information content (AvgIpc) is 3.49. The maximum atomic E-state index is 13.0. The molecule has 0 bridgehead atoms. The Labute approximate surface area is 245 Å². The summed E-state index contributed by atoms with van der Waals surface area (Å²) in [6.07, 6.45) is 6.68. The Morgan fingerprint density at radius 1 is 1.05 bits per heavy atom. The number of hydrogen-bond acceptors (Lipinski definition) is 9. The molecule has 0 radical (unpaired) electrons. The van der Waals surface area contributed by atoms with Gasteiger partial charge in [-0.15, -0.1) is 0 Å². The number of esters is 1. The maximum absolute atomic E-state index is 13.0. The highest BCUT2D eigenvalue weighted by Gasteiger charge is 2.31. The van der Waals surface area contributed by atoms with Gasteiger partial charge in [-0.25, -0.2) is 19.6 Å². The van der Waals surface area contributed by atoms with Crippen molar-refractivity contribution in [3.63, 3.8) is 0 Å². The molecule has 1 saturated heterocycles. The highest BCUT2D eigenvalue weighted by molar-refractivity contribution is 5.95. The number of nitrogens with zero attached hydrogens (tertiary/aromatic N) is 5. The number of piperazine rings is 1. The lowest BCUT2D eigenvalue weighted by Gasteiger charge is -2.42. The second-order valence-electron chi connectivity index (χ2n) is 10.4. The van der Waals surface area contributed by atoms with Gasteiger partial charge >= 0.3 is 12.1 Å². The van der Waals surface area contributed by atoms with E-state index in [-0.39, 0.29) is 18.1 Å². The zero-order valence-corrected chi connectivity index (χ0v) is 24.6. The number of aromatic nitrogens is 3. The average molecular weight is 572 g/mol. The van der Waals surface area contributed by atoms with Crippen molar-refractivity contribution in [2.45, 2.75) is 39.3 Å². The number of fused-ring (bicyclic) bond motifs is 1. The van der Waals surface area contributed by atoms with E-state index in [0.717, 1.165) is 59.3 Å². The zero-order valence-electron chi connectivity index (χ0n) is 24.6. The number of ether oxygens (including phenoxy) is 3. The molecule has 1 unspecified atom stereocenters. The highest BCUT2D eigenvalue weighted by atomic mass is 16.5. The molecule has 4 aromatic rings. The van der Waals surface area contributed by atoms with Crippen LogP contribution in [0, 0.1) is 6.92 Å². The fraction of sp³-hybridized carbons (Fsp3) is 0.375. The molecule has 2 aromatic heterocycles. The number of carbonyl (C=O) groups excluding carboxylic acids is 2. The van der Waals surface area contributed by atoms with Crippen LogP contribution < -0.4 is 9.64 Å². The van der Waals surface area contributed by atoms with Crippen LogP contribution in [-0.4, -0.2) is 72.0 Å². The van der Waals surface area contributed by atoms with Crippen LogP contribution in [0.2, 0.25) is 0 Å². The van der Waals surface area contributed by atoms with Crippen molar-refractivity contribution in [1.29, 1.82) is 0 Å². The molecular weight excluding hydrogens is 534 g/mol. The smallest absolute Gasteiger partial charge is 0.418 e. The van der Waals surface area contributed by atoms with Gasteiger partial charge in [-0.2, -0.15) is 0 Å². The Balaban J connectivity index is 1.50. The molecule has 0 saturated carbocycles. The van der Waals surface area contributed by atoms with Crippen LogP contribution >= 0.6 is 0 Å². The Morgan fingerprint density at radius 2 is 1.81 bits per heavy atom. The summed E-state index contributed by atoms with van der Waals surface area (Å²) < 4.78 is 17.9. The third kappa shape index (κ3) is 5.94. The summed E-state index contributed by atoms with van der Waals surface area (Å²) in [5, 5.41) is 0.952. The molecule has 2 aromatic carbocycles. The number of benzene rings is 2. The molecule has 1 fully saturated rings. The van der Waals surface area contributed by atoms with Crippen molar-refractivity contribution in [2.75, 3.05) is 45.4 Å². The molecule has 0 amide bonds. The molecule has 1 aliphatic heterocycles. The third-order valence-electron chi connectivity index (χ3n) is 7.77. The van der Waals surface area contributed by atoms with Gasteiger partial charge in [-0.1, -0.05) is 25.5 Å². The van der Waals surface area contributed by atoms with Crippen molar-refractivity contribution < 1.29 is 23.8 Å². The number of rotatable bonds is 9. The molecule has 5 rings (SSSR count). The van der Waals surface area contributed by atoms with E-state index >= 15 is 0 Å². The lowest BCUT2D eigenvalue weighted by molar-refractivity contribution is 0.0600. The number of hydrogen-bond donors (Lipinski definition) is 0. The molecule has 0 spiro atoms. The van der Waals surface area contributed by atoms with E-state index in [1.54, 1.807) is 42.4 Å². The van der Waals surface area contributed by atoms with Gasteiger partial charge in [0.05, 0.1) is 37.9 Å². The number of carbonyl (C=O) groups is 2. The van der Waals surface area contributed by atoms with Crippen molar-refractivity contribution in [2.24, 2.45) is 0 Å². The zero-order chi connectivity index (χ0) is 29.6. The molecule has 3 heterocycles. The SMILES string of the molecule is CCCCOC(=O)n1ccc2c(CN3CCN(c4ncccn4)CC3c3ccc(C(=O)OC)cc3)c(OC)cc(C)c21. The van der Waals surface area contributed by atoms with Crippen LogP contribution in [0.5, 0.6) is 5.75 Å². The first-order valence-electron chi connectivity index (χ1n) is 14.2. The monoisotopic (exact) mass is 571 g/mol. The van der Waals surface area contributed by atoms with E-state index in [2.05, 4.69) is 26.7 Å². The van der Waals surface area contributed by atoms with Gasteiger partial charge in [-0.05, 0) is 54.8 Å². The van der Waals surface area contributed by atoms with Crippen LogP contribution in [0.25, 0.3) is 10.9 Å². The summed E-state index contributed by atoms with van der Waals surface area (Å²) in [5.41, 5.74) is 4.31. The standard InChI is InChI=1S/C32H37N5O5/c1-5-6-18-42-32(39)37-15-12-25-26(28(40-3)19-22(2)29(25)37)20-35-16-17-36(31-33-13-7-14-34-31)21-27(35)23-8-10-24(11-9-23)30(38)41-4/h7-15,19,27H,5-6,16-18,20-21H2,1-4H3. The van der Waals surface area contributed by atoms with Gasteiger partial charge in [0, 0.05) is 55.7 Å². The summed E-state index contributed by atoms with van der Waals surface area (Å²) >= 11 is 0.